The van der Waals surface area contributed by atoms with Crippen LogP contribution in [0.3, 0.4) is 0 Å². The van der Waals surface area contributed by atoms with E-state index in [0.29, 0.717) is 0 Å². The van der Waals surface area contributed by atoms with Gasteiger partial charge in [0.15, 0.2) is 0 Å². The van der Waals surface area contributed by atoms with Gasteiger partial charge in [0.2, 0.25) is 0 Å². The second-order valence-corrected chi connectivity index (χ2v) is 3.37. The number of hydrogen-bond donors (Lipinski definition) is 0. The van der Waals surface area contributed by atoms with Gasteiger partial charge in [-0.1, -0.05) is 25.5 Å². The number of benzene rings is 1. The normalized spacial score (nSPS) is 10.4. The van der Waals surface area contributed by atoms with Crippen LogP contribution in [0.15, 0.2) is 42.7 Å². The molecule has 72 valence electrons. The molecule has 0 aliphatic carbocycles. The van der Waals surface area contributed by atoms with E-state index < -0.39 is 0 Å². The Hall–Kier alpha value is -1.57. The number of aromatic nitrogens is 2. The van der Waals surface area contributed by atoms with Crippen molar-refractivity contribution in [1.29, 1.82) is 0 Å². The van der Waals surface area contributed by atoms with E-state index in [1.54, 1.807) is 6.20 Å². The van der Waals surface area contributed by atoms with Gasteiger partial charge in [-0.15, -0.1) is 0 Å². The highest BCUT2D eigenvalue weighted by Crippen LogP contribution is 2.10. The van der Waals surface area contributed by atoms with Crippen LogP contribution >= 0.6 is 0 Å². The molecule has 2 aromatic rings. The maximum Gasteiger partial charge on any atom is 0.0648 e. The van der Waals surface area contributed by atoms with Crippen molar-refractivity contribution in [3.63, 3.8) is 0 Å². The standard InChI is InChI=1S/C12H14N2/c1-2-5-11-6-3-7-12(10-11)14-9-4-8-13-14/h3-4,6-10H,2,5H2,1H3. The molecule has 0 aliphatic heterocycles. The molecule has 0 unspecified atom stereocenters. The Bertz CT molecular complexity index is 390. The monoisotopic (exact) mass is 186 g/mol. The molecule has 1 aromatic carbocycles. The first-order valence-corrected chi connectivity index (χ1v) is 4.99. The van der Waals surface area contributed by atoms with E-state index >= 15 is 0 Å². The molecule has 14 heavy (non-hydrogen) atoms. The fraction of sp³-hybridized carbons (Fsp3) is 0.250. The summed E-state index contributed by atoms with van der Waals surface area (Å²) in [4.78, 5) is 0. The molecule has 1 aromatic heterocycles. The first kappa shape index (κ1) is 9.00. The molecule has 0 bridgehead atoms. The summed E-state index contributed by atoms with van der Waals surface area (Å²) >= 11 is 0. The molecule has 0 N–H and O–H groups in total. The number of hydrogen-bond acceptors (Lipinski definition) is 1. The molecule has 0 amide bonds. The van der Waals surface area contributed by atoms with Crippen LogP contribution in [0, 0.1) is 0 Å². The van der Waals surface area contributed by atoms with Crippen molar-refractivity contribution in [3.8, 4) is 5.69 Å². The summed E-state index contributed by atoms with van der Waals surface area (Å²) in [5, 5.41) is 4.20. The quantitative estimate of drug-likeness (QED) is 0.720. The van der Waals surface area contributed by atoms with Crippen molar-refractivity contribution in [3.05, 3.63) is 48.3 Å². The van der Waals surface area contributed by atoms with Gasteiger partial charge in [0.05, 0.1) is 5.69 Å². The van der Waals surface area contributed by atoms with Gasteiger partial charge in [0.25, 0.3) is 0 Å². The molecule has 0 aliphatic rings. The highest BCUT2D eigenvalue weighted by atomic mass is 15.3. The fourth-order valence-electron chi connectivity index (χ4n) is 1.56. The van der Waals surface area contributed by atoms with Gasteiger partial charge in [-0.3, -0.25) is 0 Å². The molecule has 0 atom stereocenters. The average Bonchev–Trinajstić information content (AvgIpc) is 2.71. The lowest BCUT2D eigenvalue weighted by atomic mass is 10.1. The van der Waals surface area contributed by atoms with Gasteiger partial charge in [0.1, 0.15) is 0 Å². The molecule has 0 spiro atoms. The number of rotatable bonds is 3. The summed E-state index contributed by atoms with van der Waals surface area (Å²) in [5.41, 5.74) is 2.52. The molecule has 2 rings (SSSR count). The highest BCUT2D eigenvalue weighted by molar-refractivity contribution is 5.34. The lowest BCUT2D eigenvalue weighted by Gasteiger charge is -2.03. The zero-order valence-corrected chi connectivity index (χ0v) is 8.35. The molecular formula is C12H14N2. The van der Waals surface area contributed by atoms with Crippen LogP contribution in [-0.4, -0.2) is 9.78 Å². The maximum absolute atomic E-state index is 4.20. The third-order valence-corrected chi connectivity index (χ3v) is 2.22. The summed E-state index contributed by atoms with van der Waals surface area (Å²) in [6.07, 6.45) is 6.08. The Balaban J connectivity index is 2.31. The van der Waals surface area contributed by atoms with Crippen molar-refractivity contribution < 1.29 is 0 Å². The summed E-state index contributed by atoms with van der Waals surface area (Å²) in [7, 11) is 0. The topological polar surface area (TPSA) is 17.8 Å². The van der Waals surface area contributed by atoms with Crippen LogP contribution in [-0.2, 0) is 6.42 Å². The molecule has 0 saturated heterocycles. The third-order valence-electron chi connectivity index (χ3n) is 2.22. The van der Waals surface area contributed by atoms with Crippen LogP contribution in [0.5, 0.6) is 0 Å². The summed E-state index contributed by atoms with van der Waals surface area (Å²) < 4.78 is 1.89. The molecule has 0 saturated carbocycles. The fourth-order valence-corrected chi connectivity index (χ4v) is 1.56. The first-order chi connectivity index (χ1) is 6.90. The van der Waals surface area contributed by atoms with Gasteiger partial charge in [-0.05, 0) is 30.2 Å². The van der Waals surface area contributed by atoms with Crippen molar-refractivity contribution >= 4 is 0 Å². The highest BCUT2D eigenvalue weighted by Gasteiger charge is 1.96. The average molecular weight is 186 g/mol. The second kappa shape index (κ2) is 4.09. The van der Waals surface area contributed by atoms with E-state index in [2.05, 4.69) is 36.3 Å². The van der Waals surface area contributed by atoms with E-state index in [9.17, 15) is 0 Å². The predicted molar refractivity (Wildman–Crippen MR) is 57.6 cm³/mol. The zero-order valence-electron chi connectivity index (χ0n) is 8.35. The minimum atomic E-state index is 1.13. The third kappa shape index (κ3) is 1.84. The first-order valence-electron chi connectivity index (χ1n) is 4.99. The lowest BCUT2D eigenvalue weighted by Crippen LogP contribution is -1.95. The van der Waals surface area contributed by atoms with E-state index in [0.717, 1.165) is 12.1 Å². The van der Waals surface area contributed by atoms with Crippen LogP contribution in [0.4, 0.5) is 0 Å². The Morgan fingerprint density at radius 1 is 1.29 bits per heavy atom. The minimum absolute atomic E-state index is 1.13. The molecule has 2 nitrogen and oxygen atoms in total. The maximum atomic E-state index is 4.20. The predicted octanol–water partition coefficient (Wildman–Crippen LogP) is 2.82. The summed E-state index contributed by atoms with van der Waals surface area (Å²) in [6, 6.07) is 10.5. The van der Waals surface area contributed by atoms with Crippen molar-refractivity contribution in [2.24, 2.45) is 0 Å². The lowest BCUT2D eigenvalue weighted by molar-refractivity contribution is 0.868. The number of nitrogens with zero attached hydrogens (tertiary/aromatic N) is 2. The zero-order chi connectivity index (χ0) is 9.80. The SMILES string of the molecule is CCCc1cccc(-n2cccn2)c1. The molecular weight excluding hydrogens is 172 g/mol. The van der Waals surface area contributed by atoms with Gasteiger partial charge in [0, 0.05) is 12.4 Å². The number of aryl methyl sites for hydroxylation is 1. The van der Waals surface area contributed by atoms with Gasteiger partial charge in [-0.2, -0.15) is 5.10 Å². The van der Waals surface area contributed by atoms with Crippen LogP contribution in [0.25, 0.3) is 5.69 Å². The molecule has 2 heteroatoms. The Morgan fingerprint density at radius 2 is 2.21 bits per heavy atom. The largest absolute Gasteiger partial charge is 0.241 e. The van der Waals surface area contributed by atoms with Gasteiger partial charge >= 0.3 is 0 Å². The molecule has 1 heterocycles. The van der Waals surface area contributed by atoms with Crippen molar-refractivity contribution in [2.75, 3.05) is 0 Å². The van der Waals surface area contributed by atoms with E-state index in [1.807, 2.05) is 16.9 Å². The smallest absolute Gasteiger partial charge is 0.0648 e. The Morgan fingerprint density at radius 3 is 2.93 bits per heavy atom. The summed E-state index contributed by atoms with van der Waals surface area (Å²) in [6.45, 7) is 2.20. The Kier molecular flexibility index (Phi) is 2.63. The van der Waals surface area contributed by atoms with Crippen LogP contribution in [0.1, 0.15) is 18.9 Å². The van der Waals surface area contributed by atoms with Crippen LogP contribution < -0.4 is 0 Å². The Labute approximate surface area is 84.2 Å². The molecule has 0 fully saturated rings. The van der Waals surface area contributed by atoms with Crippen molar-refractivity contribution in [1.82, 2.24) is 9.78 Å². The molecule has 0 radical (unpaired) electrons. The minimum Gasteiger partial charge on any atom is -0.241 e. The second-order valence-electron chi connectivity index (χ2n) is 3.37. The van der Waals surface area contributed by atoms with Gasteiger partial charge in [-0.25, -0.2) is 4.68 Å². The van der Waals surface area contributed by atoms with E-state index in [4.69, 9.17) is 0 Å². The van der Waals surface area contributed by atoms with Gasteiger partial charge < -0.3 is 0 Å². The van der Waals surface area contributed by atoms with Crippen molar-refractivity contribution in [2.45, 2.75) is 19.8 Å². The van der Waals surface area contributed by atoms with E-state index in [-0.39, 0.29) is 0 Å². The van der Waals surface area contributed by atoms with Crippen LogP contribution in [0.2, 0.25) is 0 Å². The summed E-state index contributed by atoms with van der Waals surface area (Å²) in [5.74, 6) is 0. The van der Waals surface area contributed by atoms with E-state index in [1.165, 1.54) is 12.0 Å².